The molecule has 0 aliphatic heterocycles. The number of nitrogens with one attached hydrogen (secondary N) is 1. The monoisotopic (exact) mass is 332 g/mol. The van der Waals surface area contributed by atoms with Crippen molar-refractivity contribution in [2.24, 2.45) is 5.84 Å². The van der Waals surface area contributed by atoms with Crippen LogP contribution < -0.4 is 11.3 Å². The number of thiocarbonyl (C=S) groups is 1. The van der Waals surface area contributed by atoms with Gasteiger partial charge in [0.05, 0.1) is 0 Å². The molecule has 21 heavy (non-hydrogen) atoms. The van der Waals surface area contributed by atoms with Crippen LogP contribution in [0.3, 0.4) is 0 Å². The Morgan fingerprint density at radius 2 is 1.14 bits per heavy atom. The van der Waals surface area contributed by atoms with Crippen LogP contribution in [-0.4, -0.2) is 10.1 Å². The third kappa shape index (κ3) is 18.2. The SMILES string of the molecule is CCCCCCCCCCCCCCCCSC(=S)NN. The van der Waals surface area contributed by atoms with E-state index in [1.54, 1.807) is 11.8 Å². The van der Waals surface area contributed by atoms with Crippen LogP contribution in [0.15, 0.2) is 0 Å². The van der Waals surface area contributed by atoms with Crippen LogP contribution in [0.5, 0.6) is 0 Å². The molecule has 0 unspecified atom stereocenters. The van der Waals surface area contributed by atoms with Gasteiger partial charge in [-0.1, -0.05) is 114 Å². The number of hydrogen-bond donors (Lipinski definition) is 2. The molecule has 0 aliphatic rings. The number of thioether (sulfide) groups is 1. The van der Waals surface area contributed by atoms with Gasteiger partial charge in [-0.15, -0.1) is 0 Å². The number of unbranched alkanes of at least 4 members (excludes halogenated alkanes) is 13. The summed E-state index contributed by atoms with van der Waals surface area (Å²) in [6.07, 6.45) is 19.7. The second-order valence-corrected chi connectivity index (χ2v) is 7.65. The average molecular weight is 333 g/mol. The topological polar surface area (TPSA) is 38.0 Å². The van der Waals surface area contributed by atoms with Gasteiger partial charge in [0.2, 0.25) is 0 Å². The molecule has 0 saturated heterocycles. The summed E-state index contributed by atoms with van der Waals surface area (Å²) in [5.41, 5.74) is 2.51. The first-order chi connectivity index (χ1) is 10.3. The van der Waals surface area contributed by atoms with Gasteiger partial charge in [-0.3, -0.25) is 0 Å². The maximum absolute atomic E-state index is 5.22. The number of hydrogen-bond acceptors (Lipinski definition) is 3. The van der Waals surface area contributed by atoms with Crippen LogP contribution in [0.25, 0.3) is 0 Å². The Bertz CT molecular complexity index is 223. The third-order valence-corrected chi connectivity index (χ3v) is 5.19. The van der Waals surface area contributed by atoms with Crippen molar-refractivity contribution in [3.8, 4) is 0 Å². The molecule has 0 fully saturated rings. The molecule has 0 radical (unpaired) electrons. The van der Waals surface area contributed by atoms with Crippen molar-refractivity contribution in [1.82, 2.24) is 5.43 Å². The van der Waals surface area contributed by atoms with Crippen molar-refractivity contribution >= 4 is 28.3 Å². The van der Waals surface area contributed by atoms with Gasteiger partial charge in [0.15, 0.2) is 0 Å². The van der Waals surface area contributed by atoms with Gasteiger partial charge < -0.3 is 5.43 Å². The van der Waals surface area contributed by atoms with E-state index in [4.69, 9.17) is 18.1 Å². The first-order valence-corrected chi connectivity index (χ1v) is 10.3. The molecule has 0 aromatic heterocycles. The smallest absolute Gasteiger partial charge is 0.147 e. The van der Waals surface area contributed by atoms with Gasteiger partial charge >= 0.3 is 0 Å². The van der Waals surface area contributed by atoms with Crippen LogP contribution in [0.1, 0.15) is 96.8 Å². The lowest BCUT2D eigenvalue weighted by Gasteiger charge is -2.04. The molecule has 0 rings (SSSR count). The van der Waals surface area contributed by atoms with Crippen LogP contribution in [-0.2, 0) is 0 Å². The van der Waals surface area contributed by atoms with E-state index in [2.05, 4.69) is 12.3 Å². The van der Waals surface area contributed by atoms with Crippen LogP contribution in [0.2, 0.25) is 0 Å². The first kappa shape index (κ1) is 21.2. The summed E-state index contributed by atoms with van der Waals surface area (Å²) < 4.78 is 0.713. The molecule has 0 aliphatic carbocycles. The Kier molecular flexibility index (Phi) is 18.4. The molecule has 126 valence electrons. The van der Waals surface area contributed by atoms with E-state index in [0.29, 0.717) is 4.32 Å². The Labute approximate surface area is 142 Å². The number of nitrogens with two attached hydrogens (primary N) is 1. The second kappa shape index (κ2) is 18.2. The van der Waals surface area contributed by atoms with Crippen LogP contribution >= 0.6 is 24.0 Å². The lowest BCUT2D eigenvalue weighted by Crippen LogP contribution is -2.25. The first-order valence-electron chi connectivity index (χ1n) is 8.94. The number of hydrazine groups is 1. The number of rotatable bonds is 15. The molecule has 0 bridgehead atoms. The van der Waals surface area contributed by atoms with Crippen molar-refractivity contribution in [3.05, 3.63) is 0 Å². The molecule has 0 aromatic rings. The van der Waals surface area contributed by atoms with E-state index in [9.17, 15) is 0 Å². The van der Waals surface area contributed by atoms with E-state index in [1.807, 2.05) is 0 Å². The van der Waals surface area contributed by atoms with Crippen LogP contribution in [0, 0.1) is 0 Å². The zero-order valence-electron chi connectivity index (χ0n) is 14.0. The maximum atomic E-state index is 5.22. The van der Waals surface area contributed by atoms with Gasteiger partial charge in [0.1, 0.15) is 4.32 Å². The summed E-state index contributed by atoms with van der Waals surface area (Å²) in [6, 6.07) is 0. The highest BCUT2D eigenvalue weighted by Crippen LogP contribution is 2.13. The highest BCUT2D eigenvalue weighted by molar-refractivity contribution is 8.22. The molecule has 0 heterocycles. The Balaban J connectivity index is 2.98. The average Bonchev–Trinajstić information content (AvgIpc) is 2.50. The fourth-order valence-corrected chi connectivity index (χ4v) is 3.37. The summed E-state index contributed by atoms with van der Waals surface area (Å²) in [5.74, 6) is 6.32. The predicted octanol–water partition coefficient (Wildman–Crippen LogP) is 5.95. The van der Waals surface area contributed by atoms with E-state index in [-0.39, 0.29) is 0 Å². The van der Waals surface area contributed by atoms with Gasteiger partial charge in [-0.05, 0) is 6.42 Å². The fraction of sp³-hybridized carbons (Fsp3) is 0.941. The van der Waals surface area contributed by atoms with E-state index in [0.717, 1.165) is 5.75 Å². The molecule has 0 saturated carbocycles. The van der Waals surface area contributed by atoms with Crippen molar-refractivity contribution in [1.29, 1.82) is 0 Å². The van der Waals surface area contributed by atoms with Gasteiger partial charge in [-0.2, -0.15) is 0 Å². The minimum Gasteiger partial charge on any atom is -0.309 e. The van der Waals surface area contributed by atoms with Crippen molar-refractivity contribution in [3.63, 3.8) is 0 Å². The quantitative estimate of drug-likeness (QED) is 0.168. The fourth-order valence-electron chi connectivity index (χ4n) is 2.50. The predicted molar refractivity (Wildman–Crippen MR) is 103 cm³/mol. The minimum atomic E-state index is 0.713. The summed E-state index contributed by atoms with van der Waals surface area (Å²) >= 11 is 6.64. The minimum absolute atomic E-state index is 0.713. The highest BCUT2D eigenvalue weighted by Gasteiger charge is 1.96. The van der Waals surface area contributed by atoms with E-state index < -0.39 is 0 Å². The largest absolute Gasteiger partial charge is 0.309 e. The summed E-state index contributed by atoms with van der Waals surface area (Å²) in [5, 5.41) is 0. The highest BCUT2D eigenvalue weighted by atomic mass is 32.2. The lowest BCUT2D eigenvalue weighted by molar-refractivity contribution is 0.538. The third-order valence-electron chi connectivity index (χ3n) is 3.85. The Hall–Kier alpha value is 0.200. The Morgan fingerprint density at radius 1 is 0.762 bits per heavy atom. The van der Waals surface area contributed by atoms with Crippen molar-refractivity contribution in [2.45, 2.75) is 96.8 Å². The van der Waals surface area contributed by atoms with Crippen molar-refractivity contribution in [2.75, 3.05) is 5.75 Å². The zero-order chi connectivity index (χ0) is 15.6. The molecule has 0 spiro atoms. The van der Waals surface area contributed by atoms with Gasteiger partial charge in [0, 0.05) is 5.75 Å². The summed E-state index contributed by atoms with van der Waals surface area (Å²) in [4.78, 5) is 0. The lowest BCUT2D eigenvalue weighted by atomic mass is 10.0. The molecule has 4 heteroatoms. The van der Waals surface area contributed by atoms with Gasteiger partial charge in [0.25, 0.3) is 0 Å². The molecule has 0 atom stereocenters. The zero-order valence-corrected chi connectivity index (χ0v) is 15.6. The summed E-state index contributed by atoms with van der Waals surface area (Å²) in [6.45, 7) is 2.28. The molecule has 2 nitrogen and oxygen atoms in total. The normalized spacial score (nSPS) is 10.8. The van der Waals surface area contributed by atoms with Crippen LogP contribution in [0.4, 0.5) is 0 Å². The second-order valence-electron chi connectivity index (χ2n) is 5.88. The van der Waals surface area contributed by atoms with Crippen molar-refractivity contribution < 1.29 is 0 Å². The van der Waals surface area contributed by atoms with E-state index >= 15 is 0 Å². The van der Waals surface area contributed by atoms with Gasteiger partial charge in [-0.25, -0.2) is 5.84 Å². The molecule has 0 aromatic carbocycles. The van der Waals surface area contributed by atoms with E-state index in [1.165, 1.54) is 89.9 Å². The molecular weight excluding hydrogens is 296 g/mol. The molecule has 0 amide bonds. The molecular formula is C17H36N2S2. The standard InChI is InChI=1S/C17H36N2S2/c1-2-3-4-5-6-7-8-9-10-11-12-13-14-15-16-21-17(20)19-18/h2-16,18H2,1H3,(H,19,20). The summed E-state index contributed by atoms with van der Waals surface area (Å²) in [7, 11) is 0. The maximum Gasteiger partial charge on any atom is 0.147 e. The molecule has 3 N–H and O–H groups in total. The Morgan fingerprint density at radius 3 is 1.52 bits per heavy atom.